The zero-order chi connectivity index (χ0) is 11.4. The smallest absolute Gasteiger partial charge is 0.323 e. The fourth-order valence-corrected chi connectivity index (χ4v) is 1.56. The van der Waals surface area contributed by atoms with Crippen LogP contribution in [0.1, 0.15) is 13.8 Å². The van der Waals surface area contributed by atoms with Gasteiger partial charge in [-0.05, 0) is 32.0 Å². The lowest BCUT2D eigenvalue weighted by molar-refractivity contribution is -0.135. The van der Waals surface area contributed by atoms with Crippen molar-refractivity contribution in [3.05, 3.63) is 29.3 Å². The van der Waals surface area contributed by atoms with E-state index >= 15 is 0 Å². The number of benzene rings is 1. The van der Waals surface area contributed by atoms with Gasteiger partial charge >= 0.3 is 5.97 Å². The van der Waals surface area contributed by atoms with E-state index < -0.39 is 5.97 Å². The Labute approximate surface area is 94.3 Å². The number of rotatable bonds is 4. The highest BCUT2D eigenvalue weighted by atomic mass is 35.5. The second-order valence-corrected chi connectivity index (χ2v) is 4.03. The number of hydrogen-bond acceptors (Lipinski definition) is 2. The average Bonchev–Trinajstić information content (AvgIpc) is 2.13. The molecule has 0 fully saturated rings. The third-order valence-corrected chi connectivity index (χ3v) is 2.30. The van der Waals surface area contributed by atoms with Crippen LogP contribution in [0.15, 0.2) is 24.3 Å². The molecule has 0 aromatic heterocycles. The maximum atomic E-state index is 10.7. The van der Waals surface area contributed by atoms with Crippen molar-refractivity contribution in [2.45, 2.75) is 19.9 Å². The summed E-state index contributed by atoms with van der Waals surface area (Å²) in [6.07, 6.45) is 0. The van der Waals surface area contributed by atoms with Crippen LogP contribution in [0.3, 0.4) is 0 Å². The van der Waals surface area contributed by atoms with E-state index in [1.54, 1.807) is 17.0 Å². The van der Waals surface area contributed by atoms with Gasteiger partial charge in [0.25, 0.3) is 0 Å². The van der Waals surface area contributed by atoms with Gasteiger partial charge in [-0.1, -0.05) is 17.7 Å². The number of hydrogen-bond donors (Lipinski definition) is 1. The van der Waals surface area contributed by atoms with Gasteiger partial charge in [-0.3, -0.25) is 4.79 Å². The van der Waals surface area contributed by atoms with E-state index in [9.17, 15) is 4.79 Å². The van der Waals surface area contributed by atoms with Gasteiger partial charge in [0.2, 0.25) is 0 Å². The Bertz CT molecular complexity index is 352. The van der Waals surface area contributed by atoms with E-state index in [-0.39, 0.29) is 12.6 Å². The summed E-state index contributed by atoms with van der Waals surface area (Å²) in [7, 11) is 0. The summed E-state index contributed by atoms with van der Waals surface area (Å²) in [6.45, 7) is 3.88. The first-order valence-electron chi connectivity index (χ1n) is 4.74. The third-order valence-electron chi connectivity index (χ3n) is 2.07. The molecule has 0 amide bonds. The summed E-state index contributed by atoms with van der Waals surface area (Å²) >= 11 is 5.86. The predicted octanol–water partition coefficient (Wildman–Crippen LogP) is 2.64. The summed E-state index contributed by atoms with van der Waals surface area (Å²) in [6, 6.07) is 7.33. The quantitative estimate of drug-likeness (QED) is 0.860. The van der Waals surface area contributed by atoms with Crippen molar-refractivity contribution in [3.8, 4) is 0 Å². The zero-order valence-corrected chi connectivity index (χ0v) is 9.53. The van der Waals surface area contributed by atoms with Crippen LogP contribution in [0, 0.1) is 0 Å². The number of anilines is 1. The van der Waals surface area contributed by atoms with Gasteiger partial charge in [0, 0.05) is 16.8 Å². The summed E-state index contributed by atoms with van der Waals surface area (Å²) in [5.74, 6) is -0.844. The molecule has 82 valence electrons. The number of carboxylic acids is 1. The van der Waals surface area contributed by atoms with Crippen LogP contribution in [-0.2, 0) is 4.79 Å². The van der Waals surface area contributed by atoms with Gasteiger partial charge < -0.3 is 10.0 Å². The summed E-state index contributed by atoms with van der Waals surface area (Å²) < 4.78 is 0. The van der Waals surface area contributed by atoms with Crippen LogP contribution < -0.4 is 4.90 Å². The van der Waals surface area contributed by atoms with Gasteiger partial charge in [0.1, 0.15) is 6.54 Å². The molecular weight excluding hydrogens is 214 g/mol. The maximum absolute atomic E-state index is 10.7. The van der Waals surface area contributed by atoms with Gasteiger partial charge in [0.05, 0.1) is 0 Å². The summed E-state index contributed by atoms with van der Waals surface area (Å²) in [5, 5.41) is 9.40. The molecule has 0 aliphatic rings. The molecule has 0 atom stereocenters. The van der Waals surface area contributed by atoms with Crippen molar-refractivity contribution in [2.75, 3.05) is 11.4 Å². The van der Waals surface area contributed by atoms with Crippen LogP contribution >= 0.6 is 11.6 Å². The second kappa shape index (κ2) is 5.03. The number of halogens is 1. The lowest BCUT2D eigenvalue weighted by atomic mass is 10.2. The minimum atomic E-state index is -0.844. The number of carbonyl (C=O) groups is 1. The molecule has 1 aromatic rings. The Morgan fingerprint density at radius 3 is 2.67 bits per heavy atom. The van der Waals surface area contributed by atoms with Crippen molar-refractivity contribution in [2.24, 2.45) is 0 Å². The monoisotopic (exact) mass is 227 g/mol. The molecule has 0 spiro atoms. The van der Waals surface area contributed by atoms with E-state index in [2.05, 4.69) is 0 Å². The molecule has 15 heavy (non-hydrogen) atoms. The zero-order valence-electron chi connectivity index (χ0n) is 8.77. The minimum Gasteiger partial charge on any atom is -0.480 e. The summed E-state index contributed by atoms with van der Waals surface area (Å²) in [4.78, 5) is 12.5. The minimum absolute atomic E-state index is 0.0159. The Hall–Kier alpha value is -1.22. The van der Waals surface area contributed by atoms with Crippen LogP contribution in [0.4, 0.5) is 5.69 Å². The molecule has 0 aliphatic heterocycles. The first-order valence-corrected chi connectivity index (χ1v) is 5.12. The molecule has 3 nitrogen and oxygen atoms in total. The van der Waals surface area contributed by atoms with Gasteiger partial charge in [-0.15, -0.1) is 0 Å². The molecule has 1 rings (SSSR count). The highest BCUT2D eigenvalue weighted by Gasteiger charge is 2.13. The topological polar surface area (TPSA) is 40.5 Å². The molecule has 1 N–H and O–H groups in total. The fourth-order valence-electron chi connectivity index (χ4n) is 1.37. The normalized spacial score (nSPS) is 10.4. The summed E-state index contributed by atoms with van der Waals surface area (Å²) in [5.41, 5.74) is 0.833. The SMILES string of the molecule is CC(C)N(CC(=O)O)c1cccc(Cl)c1. The third kappa shape index (κ3) is 3.44. The Balaban J connectivity index is 2.93. The Morgan fingerprint density at radius 1 is 1.53 bits per heavy atom. The standard InChI is InChI=1S/C11H14ClNO2/c1-8(2)13(7-11(14)15)10-5-3-4-9(12)6-10/h3-6,8H,7H2,1-2H3,(H,14,15). The molecule has 0 radical (unpaired) electrons. The van der Waals surface area contributed by atoms with E-state index in [0.717, 1.165) is 5.69 Å². The molecule has 1 aromatic carbocycles. The van der Waals surface area contributed by atoms with Crippen LogP contribution in [0.5, 0.6) is 0 Å². The molecule has 0 unspecified atom stereocenters. The Morgan fingerprint density at radius 2 is 2.20 bits per heavy atom. The molecule has 0 saturated heterocycles. The number of aliphatic carboxylic acids is 1. The first kappa shape index (κ1) is 11.9. The van der Waals surface area contributed by atoms with Crippen LogP contribution in [-0.4, -0.2) is 23.7 Å². The maximum Gasteiger partial charge on any atom is 0.323 e. The van der Waals surface area contributed by atoms with Gasteiger partial charge in [-0.2, -0.15) is 0 Å². The van der Waals surface area contributed by atoms with Crippen molar-refractivity contribution in [1.82, 2.24) is 0 Å². The fraction of sp³-hybridized carbons (Fsp3) is 0.364. The van der Waals surface area contributed by atoms with Crippen LogP contribution in [0.25, 0.3) is 0 Å². The highest BCUT2D eigenvalue weighted by molar-refractivity contribution is 6.30. The van der Waals surface area contributed by atoms with E-state index in [0.29, 0.717) is 5.02 Å². The van der Waals surface area contributed by atoms with Crippen molar-refractivity contribution in [3.63, 3.8) is 0 Å². The molecule has 0 aliphatic carbocycles. The average molecular weight is 228 g/mol. The van der Waals surface area contributed by atoms with Crippen molar-refractivity contribution >= 4 is 23.3 Å². The van der Waals surface area contributed by atoms with Crippen molar-refractivity contribution < 1.29 is 9.90 Å². The lowest BCUT2D eigenvalue weighted by Crippen LogP contribution is -2.35. The van der Waals surface area contributed by atoms with E-state index in [4.69, 9.17) is 16.7 Å². The number of nitrogens with zero attached hydrogens (tertiary/aromatic N) is 1. The molecular formula is C11H14ClNO2. The predicted molar refractivity (Wildman–Crippen MR) is 61.6 cm³/mol. The largest absolute Gasteiger partial charge is 0.480 e. The van der Waals surface area contributed by atoms with Gasteiger partial charge in [0.15, 0.2) is 0 Å². The van der Waals surface area contributed by atoms with Crippen LogP contribution in [0.2, 0.25) is 5.02 Å². The van der Waals surface area contributed by atoms with E-state index in [1.165, 1.54) is 0 Å². The molecule has 0 saturated carbocycles. The molecule has 0 bridgehead atoms. The molecule has 4 heteroatoms. The number of carboxylic acid groups (broad SMARTS) is 1. The first-order chi connectivity index (χ1) is 7.00. The molecule has 0 heterocycles. The van der Waals surface area contributed by atoms with Gasteiger partial charge in [-0.25, -0.2) is 0 Å². The Kier molecular flexibility index (Phi) is 3.97. The highest BCUT2D eigenvalue weighted by Crippen LogP contribution is 2.21. The van der Waals surface area contributed by atoms with E-state index in [1.807, 2.05) is 26.0 Å². The van der Waals surface area contributed by atoms with Crippen molar-refractivity contribution in [1.29, 1.82) is 0 Å². The second-order valence-electron chi connectivity index (χ2n) is 3.60. The lowest BCUT2D eigenvalue weighted by Gasteiger charge is -2.27.